The fourth-order valence-corrected chi connectivity index (χ4v) is 9.41. The zero-order valence-corrected chi connectivity index (χ0v) is 26.6. The lowest BCUT2D eigenvalue weighted by molar-refractivity contribution is 0.158. The standard InChI is InChI=1S/C47H34O/c1-5-17-33(18-6-1)45(34-19-7-2-8-20-34)31-46(32-45)41-28-16-15-27-39(41)42-37-25-13-14-26-38(37)44-40(43(42)46)29-30-47(48-44,35-21-9-3-10-22-35)36-23-11-4-12-24-36/h1-30H,31-32H2. The summed E-state index contributed by atoms with van der Waals surface area (Å²) in [7, 11) is 0. The van der Waals surface area contributed by atoms with Crippen molar-refractivity contribution < 1.29 is 4.74 Å². The first-order valence-corrected chi connectivity index (χ1v) is 17.0. The van der Waals surface area contributed by atoms with Crippen LogP contribution in [-0.2, 0) is 16.4 Å². The van der Waals surface area contributed by atoms with Crippen molar-refractivity contribution in [3.05, 3.63) is 215 Å². The van der Waals surface area contributed by atoms with Crippen molar-refractivity contribution in [1.29, 1.82) is 0 Å². The largest absolute Gasteiger partial charge is 0.472 e. The third-order valence-corrected chi connectivity index (χ3v) is 11.4. The Bertz CT molecular complexity index is 2270. The molecule has 3 aliphatic rings. The molecular weight excluding hydrogens is 581 g/mol. The van der Waals surface area contributed by atoms with Crippen molar-refractivity contribution in [3.8, 4) is 16.9 Å². The van der Waals surface area contributed by atoms with Crippen molar-refractivity contribution in [2.24, 2.45) is 0 Å². The summed E-state index contributed by atoms with van der Waals surface area (Å²) < 4.78 is 7.53. The van der Waals surface area contributed by atoms with Gasteiger partial charge in [0.1, 0.15) is 5.75 Å². The highest BCUT2D eigenvalue weighted by Gasteiger charge is 2.62. The summed E-state index contributed by atoms with van der Waals surface area (Å²) in [6.07, 6.45) is 6.70. The normalized spacial score (nSPS) is 17.2. The maximum absolute atomic E-state index is 7.53. The minimum atomic E-state index is -0.747. The molecule has 0 aromatic heterocycles. The Morgan fingerprint density at radius 3 is 1.50 bits per heavy atom. The predicted molar refractivity (Wildman–Crippen MR) is 196 cm³/mol. The van der Waals surface area contributed by atoms with E-state index < -0.39 is 5.60 Å². The van der Waals surface area contributed by atoms with Crippen LogP contribution in [0.3, 0.4) is 0 Å². The second kappa shape index (κ2) is 10.2. The van der Waals surface area contributed by atoms with E-state index >= 15 is 0 Å². The molecular formula is C47H34O. The SMILES string of the molecule is C1=CC(c2ccccc2)(c2ccccc2)Oc2c1c1c(c3ccccc23)-c2ccccc2C12CC(c1ccccc1)(c1ccccc1)C2. The average Bonchev–Trinajstić information content (AvgIpc) is 3.46. The Kier molecular flexibility index (Phi) is 5.82. The molecule has 0 unspecified atom stereocenters. The minimum Gasteiger partial charge on any atom is -0.472 e. The van der Waals surface area contributed by atoms with Gasteiger partial charge in [0.05, 0.1) is 0 Å². The van der Waals surface area contributed by atoms with Gasteiger partial charge < -0.3 is 4.74 Å². The first-order chi connectivity index (χ1) is 23.7. The lowest BCUT2D eigenvalue weighted by Crippen LogP contribution is -2.53. The van der Waals surface area contributed by atoms with Crippen LogP contribution in [-0.4, -0.2) is 0 Å². The Balaban J connectivity index is 1.25. The molecule has 0 saturated heterocycles. The van der Waals surface area contributed by atoms with Gasteiger partial charge in [0, 0.05) is 32.9 Å². The molecule has 0 N–H and O–H groups in total. The van der Waals surface area contributed by atoms with E-state index in [0.717, 1.165) is 35.1 Å². The van der Waals surface area contributed by atoms with Crippen molar-refractivity contribution in [1.82, 2.24) is 0 Å². The molecule has 0 amide bonds. The van der Waals surface area contributed by atoms with Crippen LogP contribution in [0.1, 0.15) is 51.8 Å². The second-order valence-corrected chi connectivity index (χ2v) is 13.7. The molecule has 1 heteroatoms. The quantitative estimate of drug-likeness (QED) is 0.192. The maximum atomic E-state index is 7.53. The summed E-state index contributed by atoms with van der Waals surface area (Å²) in [6.45, 7) is 0. The van der Waals surface area contributed by atoms with E-state index in [1.165, 1.54) is 44.3 Å². The third-order valence-electron chi connectivity index (χ3n) is 11.4. The number of hydrogen-bond donors (Lipinski definition) is 0. The molecule has 10 rings (SSSR count). The molecule has 1 nitrogen and oxygen atoms in total. The van der Waals surface area contributed by atoms with E-state index in [1.54, 1.807) is 0 Å². The van der Waals surface area contributed by atoms with Crippen LogP contribution in [0.5, 0.6) is 5.75 Å². The van der Waals surface area contributed by atoms with E-state index in [9.17, 15) is 0 Å². The molecule has 1 heterocycles. The number of hydrogen-bond acceptors (Lipinski definition) is 1. The number of benzene rings is 7. The van der Waals surface area contributed by atoms with Crippen LogP contribution in [0.4, 0.5) is 0 Å². The van der Waals surface area contributed by atoms with Crippen LogP contribution in [0, 0.1) is 0 Å². The van der Waals surface area contributed by atoms with Crippen LogP contribution in [0.2, 0.25) is 0 Å². The summed E-state index contributed by atoms with van der Waals surface area (Å²) in [5.41, 5.74) is 10.8. The zero-order valence-electron chi connectivity index (χ0n) is 26.6. The van der Waals surface area contributed by atoms with E-state index in [1.807, 2.05) is 0 Å². The first kappa shape index (κ1) is 27.5. The molecule has 1 spiro atoms. The fraction of sp³-hybridized carbons (Fsp3) is 0.106. The van der Waals surface area contributed by atoms with E-state index in [-0.39, 0.29) is 10.8 Å². The molecule has 0 bridgehead atoms. The topological polar surface area (TPSA) is 9.23 Å². The minimum absolute atomic E-state index is 0.0904. The van der Waals surface area contributed by atoms with Gasteiger partial charge in [-0.3, -0.25) is 0 Å². The van der Waals surface area contributed by atoms with Crippen molar-refractivity contribution in [3.63, 3.8) is 0 Å². The smallest absolute Gasteiger partial charge is 0.178 e. The van der Waals surface area contributed by atoms with Gasteiger partial charge in [-0.1, -0.05) is 176 Å². The monoisotopic (exact) mass is 614 g/mol. The number of fused-ring (bicyclic) bond motifs is 10. The Morgan fingerprint density at radius 1 is 0.438 bits per heavy atom. The lowest BCUT2D eigenvalue weighted by Gasteiger charge is -2.57. The number of rotatable bonds is 4. The molecule has 1 fully saturated rings. The maximum Gasteiger partial charge on any atom is 0.178 e. The molecule has 7 aromatic carbocycles. The Labute approximate surface area is 281 Å². The van der Waals surface area contributed by atoms with Gasteiger partial charge in [-0.15, -0.1) is 0 Å². The second-order valence-electron chi connectivity index (χ2n) is 13.7. The zero-order chi connectivity index (χ0) is 31.8. The van der Waals surface area contributed by atoms with Crippen molar-refractivity contribution >= 4 is 16.8 Å². The third kappa shape index (κ3) is 3.62. The molecule has 0 atom stereocenters. The van der Waals surface area contributed by atoms with Crippen molar-refractivity contribution in [2.75, 3.05) is 0 Å². The highest BCUT2D eigenvalue weighted by atomic mass is 16.5. The van der Waals surface area contributed by atoms with Gasteiger partial charge in [-0.25, -0.2) is 0 Å². The summed E-state index contributed by atoms with van der Waals surface area (Å²) in [5, 5.41) is 2.42. The molecule has 2 aliphatic carbocycles. The average molecular weight is 615 g/mol. The van der Waals surface area contributed by atoms with Crippen LogP contribution >= 0.6 is 0 Å². The van der Waals surface area contributed by atoms with Crippen molar-refractivity contribution in [2.45, 2.75) is 29.3 Å². The van der Waals surface area contributed by atoms with Gasteiger partial charge in [-0.2, -0.15) is 0 Å². The van der Waals surface area contributed by atoms with Crippen LogP contribution < -0.4 is 4.74 Å². The highest BCUT2D eigenvalue weighted by molar-refractivity contribution is 6.09. The fourth-order valence-electron chi connectivity index (χ4n) is 9.41. The molecule has 1 aliphatic heterocycles. The summed E-state index contributed by atoms with van der Waals surface area (Å²) in [4.78, 5) is 0. The van der Waals surface area contributed by atoms with Gasteiger partial charge in [0.25, 0.3) is 0 Å². The Hall–Kier alpha value is -5.66. The highest BCUT2D eigenvalue weighted by Crippen LogP contribution is 2.70. The van der Waals surface area contributed by atoms with E-state index in [2.05, 4.69) is 182 Å². The van der Waals surface area contributed by atoms with Crippen LogP contribution in [0.25, 0.3) is 28.0 Å². The van der Waals surface area contributed by atoms with Gasteiger partial charge in [0.2, 0.25) is 0 Å². The molecule has 48 heavy (non-hydrogen) atoms. The van der Waals surface area contributed by atoms with Gasteiger partial charge in [0.15, 0.2) is 5.60 Å². The molecule has 0 radical (unpaired) electrons. The summed E-state index contributed by atoms with van der Waals surface area (Å²) >= 11 is 0. The Morgan fingerprint density at radius 2 is 0.917 bits per heavy atom. The summed E-state index contributed by atoms with van der Waals surface area (Å²) in [6, 6.07) is 61.8. The van der Waals surface area contributed by atoms with E-state index in [4.69, 9.17) is 4.74 Å². The lowest BCUT2D eigenvalue weighted by atomic mass is 9.45. The molecule has 1 saturated carbocycles. The first-order valence-electron chi connectivity index (χ1n) is 17.0. The molecule has 7 aromatic rings. The van der Waals surface area contributed by atoms with Crippen LogP contribution in [0.15, 0.2) is 176 Å². The predicted octanol–water partition coefficient (Wildman–Crippen LogP) is 11.2. The summed E-state index contributed by atoms with van der Waals surface area (Å²) in [5.74, 6) is 0.976. The van der Waals surface area contributed by atoms with E-state index in [0.29, 0.717) is 0 Å². The van der Waals surface area contributed by atoms with Gasteiger partial charge in [-0.05, 0) is 57.7 Å². The molecule has 228 valence electrons. The number of ether oxygens (including phenoxy) is 1. The van der Waals surface area contributed by atoms with Gasteiger partial charge >= 0.3 is 0 Å².